The third-order valence-corrected chi connectivity index (χ3v) is 9.89. The van der Waals surface area contributed by atoms with Crippen molar-refractivity contribution >= 4 is 40.9 Å². The first-order valence-corrected chi connectivity index (χ1v) is 14.9. The molecule has 1 saturated carbocycles. The lowest BCUT2D eigenvalue weighted by atomic mass is 9.49. The Bertz CT molecular complexity index is 1720. The van der Waals surface area contributed by atoms with E-state index in [9.17, 15) is 19.5 Å². The Morgan fingerprint density at radius 3 is 2.49 bits per heavy atom. The number of para-hydroxylation sites is 1. The van der Waals surface area contributed by atoms with Gasteiger partial charge >= 0.3 is 0 Å². The molecular weight excluding hydrogens is 568 g/mol. The van der Waals surface area contributed by atoms with E-state index >= 15 is 4.79 Å². The highest BCUT2D eigenvalue weighted by molar-refractivity contribution is 6.32. The fraction of sp³-hybridized carbons (Fsp3) is 0.294. The summed E-state index contributed by atoms with van der Waals surface area (Å²) in [6.07, 6.45) is 2.45. The summed E-state index contributed by atoms with van der Waals surface area (Å²) in [5.74, 6) is -4.85. The van der Waals surface area contributed by atoms with Gasteiger partial charge in [-0.1, -0.05) is 71.8 Å². The second kappa shape index (κ2) is 10.1. The van der Waals surface area contributed by atoms with Crippen LogP contribution in [-0.2, 0) is 24.6 Å². The topological polar surface area (TPSA) is 113 Å². The molecule has 43 heavy (non-hydrogen) atoms. The zero-order chi connectivity index (χ0) is 30.0. The smallest absolute Gasteiger partial charge is 0.246 e. The van der Waals surface area contributed by atoms with Gasteiger partial charge in [-0.05, 0) is 55.5 Å². The number of nitrogens with zero attached hydrogens (tertiary/aromatic N) is 1. The monoisotopic (exact) mass is 596 g/mol. The van der Waals surface area contributed by atoms with Crippen LogP contribution in [0.25, 0.3) is 0 Å². The zero-order valence-electron chi connectivity index (χ0n) is 23.3. The van der Waals surface area contributed by atoms with Crippen LogP contribution < -0.4 is 15.0 Å². The number of anilines is 1. The van der Waals surface area contributed by atoms with Crippen LogP contribution in [0.5, 0.6) is 11.5 Å². The molecule has 3 fully saturated rings. The summed E-state index contributed by atoms with van der Waals surface area (Å²) in [5, 5.41) is 14.5. The van der Waals surface area contributed by atoms with E-state index in [-0.39, 0.29) is 29.7 Å². The van der Waals surface area contributed by atoms with E-state index in [1.54, 1.807) is 42.5 Å². The van der Waals surface area contributed by atoms with Crippen LogP contribution in [0.1, 0.15) is 36.8 Å². The van der Waals surface area contributed by atoms with Crippen molar-refractivity contribution < 1.29 is 29.0 Å². The summed E-state index contributed by atoms with van der Waals surface area (Å²) in [5.41, 5.74) is 0.707. The Morgan fingerprint density at radius 2 is 1.74 bits per heavy atom. The molecule has 2 saturated heterocycles. The summed E-state index contributed by atoms with van der Waals surface area (Å²) in [7, 11) is 0. The molecule has 2 N–H and O–H groups in total. The number of phenolic OH excluding ortho intramolecular Hbond substituents is 1. The molecule has 2 aliphatic carbocycles. The van der Waals surface area contributed by atoms with E-state index in [0.717, 1.165) is 5.57 Å². The van der Waals surface area contributed by atoms with Crippen LogP contribution in [0, 0.1) is 23.7 Å². The molecule has 4 aliphatic rings. The van der Waals surface area contributed by atoms with Gasteiger partial charge in [0.05, 0.1) is 35.5 Å². The predicted molar refractivity (Wildman–Crippen MR) is 159 cm³/mol. The number of ether oxygens (including phenoxy) is 1. The van der Waals surface area contributed by atoms with Crippen LogP contribution in [0.15, 0.2) is 84.4 Å². The number of amides is 4. The molecule has 9 heteroatoms. The molecule has 7 rings (SSSR count). The lowest BCUT2D eigenvalue weighted by molar-refractivity contribution is -0.128. The van der Waals surface area contributed by atoms with E-state index in [4.69, 9.17) is 16.3 Å². The molecule has 0 radical (unpaired) electrons. The highest BCUT2D eigenvalue weighted by Gasteiger charge is 2.70. The van der Waals surface area contributed by atoms with Gasteiger partial charge in [-0.3, -0.25) is 24.5 Å². The minimum Gasteiger partial charge on any atom is -0.504 e. The number of fused-ring (bicyclic) bond motifs is 4. The second-order valence-corrected chi connectivity index (χ2v) is 12.0. The number of hydrogen-bond acceptors (Lipinski definition) is 6. The molecule has 218 valence electrons. The molecule has 0 unspecified atom stereocenters. The van der Waals surface area contributed by atoms with Crippen molar-refractivity contribution in [2.75, 3.05) is 11.5 Å². The Morgan fingerprint density at radius 1 is 0.977 bits per heavy atom. The van der Waals surface area contributed by atoms with Crippen molar-refractivity contribution in [2.45, 2.75) is 31.1 Å². The fourth-order valence-corrected chi connectivity index (χ4v) is 8.23. The van der Waals surface area contributed by atoms with Crippen LogP contribution in [0.2, 0.25) is 5.02 Å². The zero-order valence-corrected chi connectivity index (χ0v) is 24.1. The summed E-state index contributed by atoms with van der Waals surface area (Å²) >= 11 is 6.32. The third-order valence-electron chi connectivity index (χ3n) is 9.65. The molecule has 2 aliphatic heterocycles. The summed E-state index contributed by atoms with van der Waals surface area (Å²) in [6.45, 7) is 2.12. The van der Waals surface area contributed by atoms with Gasteiger partial charge < -0.3 is 9.84 Å². The largest absolute Gasteiger partial charge is 0.504 e. The molecule has 6 atom stereocenters. The maximum Gasteiger partial charge on any atom is 0.246 e. The van der Waals surface area contributed by atoms with E-state index in [0.29, 0.717) is 34.9 Å². The SMILES string of the molecule is CCOc1cccc([C@H]2C3=CC[C@@H]4C(=O)NC(=O)[C@@H]4[C@@H]3C[C@H]3C(=O)N(c4cccc(Cl)c4)C(=O)[C@@]23c2ccccc2)c1O. The Kier molecular flexibility index (Phi) is 6.43. The highest BCUT2D eigenvalue weighted by Crippen LogP contribution is 2.65. The van der Waals surface area contributed by atoms with Crippen molar-refractivity contribution in [1.82, 2.24) is 5.32 Å². The average Bonchev–Trinajstić information content (AvgIpc) is 3.42. The third kappa shape index (κ3) is 3.82. The Hall–Kier alpha value is -4.43. The fourth-order valence-electron chi connectivity index (χ4n) is 8.04. The first-order chi connectivity index (χ1) is 20.8. The van der Waals surface area contributed by atoms with Gasteiger partial charge in [0, 0.05) is 16.5 Å². The summed E-state index contributed by atoms with van der Waals surface area (Å²) in [4.78, 5) is 56.9. The minimum absolute atomic E-state index is 0.125. The maximum atomic E-state index is 15.1. The van der Waals surface area contributed by atoms with Gasteiger partial charge in [0.15, 0.2) is 11.5 Å². The number of benzene rings is 3. The van der Waals surface area contributed by atoms with Crippen LogP contribution in [0.4, 0.5) is 5.69 Å². The van der Waals surface area contributed by atoms with Gasteiger partial charge in [0.1, 0.15) is 0 Å². The number of aromatic hydroxyl groups is 1. The van der Waals surface area contributed by atoms with Crippen LogP contribution in [0.3, 0.4) is 0 Å². The Balaban J connectivity index is 1.54. The second-order valence-electron chi connectivity index (χ2n) is 11.6. The molecule has 0 spiro atoms. The first-order valence-electron chi connectivity index (χ1n) is 14.5. The van der Waals surface area contributed by atoms with E-state index in [1.165, 1.54) is 4.90 Å². The van der Waals surface area contributed by atoms with Crippen molar-refractivity contribution in [3.05, 3.63) is 101 Å². The maximum absolute atomic E-state index is 15.1. The van der Waals surface area contributed by atoms with E-state index in [2.05, 4.69) is 5.32 Å². The number of allylic oxidation sites excluding steroid dienone is 2. The van der Waals surface area contributed by atoms with Crippen molar-refractivity contribution in [2.24, 2.45) is 23.7 Å². The Labute approximate surface area is 253 Å². The number of hydrogen-bond donors (Lipinski definition) is 2. The molecule has 3 aromatic carbocycles. The van der Waals surface area contributed by atoms with Gasteiger partial charge in [-0.2, -0.15) is 0 Å². The number of phenols is 1. The number of imide groups is 2. The van der Waals surface area contributed by atoms with Crippen LogP contribution in [-0.4, -0.2) is 35.3 Å². The van der Waals surface area contributed by atoms with Gasteiger partial charge in [-0.25, -0.2) is 4.90 Å². The van der Waals surface area contributed by atoms with Gasteiger partial charge in [0.25, 0.3) is 0 Å². The lowest BCUT2D eigenvalue weighted by Gasteiger charge is -2.50. The minimum atomic E-state index is -1.46. The van der Waals surface area contributed by atoms with Crippen molar-refractivity contribution in [1.29, 1.82) is 0 Å². The molecule has 0 aromatic heterocycles. The number of nitrogens with one attached hydrogen (secondary N) is 1. The van der Waals surface area contributed by atoms with Gasteiger partial charge in [0.2, 0.25) is 23.6 Å². The lowest BCUT2D eigenvalue weighted by Crippen LogP contribution is -2.53. The quantitative estimate of drug-likeness (QED) is 0.320. The molecule has 2 heterocycles. The normalized spacial score (nSPS) is 29.5. The molecule has 3 aromatic rings. The van der Waals surface area contributed by atoms with E-state index < -0.39 is 46.8 Å². The first kappa shape index (κ1) is 27.4. The van der Waals surface area contributed by atoms with E-state index in [1.807, 2.05) is 43.3 Å². The van der Waals surface area contributed by atoms with Crippen molar-refractivity contribution in [3.63, 3.8) is 0 Å². The summed E-state index contributed by atoms with van der Waals surface area (Å²) in [6, 6.07) is 21.0. The molecule has 8 nitrogen and oxygen atoms in total. The number of halogens is 1. The average molecular weight is 597 g/mol. The molecular formula is C34H29ClN2O6. The van der Waals surface area contributed by atoms with Crippen molar-refractivity contribution in [3.8, 4) is 11.5 Å². The molecule has 4 amide bonds. The van der Waals surface area contributed by atoms with Crippen LogP contribution >= 0.6 is 11.6 Å². The molecule has 0 bridgehead atoms. The standard InChI is InChI=1S/C34H29ClN2O6/c1-2-43-26-13-7-12-23(29(26)38)28-21-14-15-22-27(31(40)36-30(22)39)24(21)17-25-32(41)37(20-11-6-10-19(35)16-20)33(42)34(25,28)18-8-4-3-5-9-18/h3-14,16,22,24-25,27-28,38H,2,15,17H2,1H3,(H,36,39,40)/t22-,24+,25-,27-,28+,34+/m0/s1. The number of carbonyl (C=O) groups is 4. The predicted octanol–water partition coefficient (Wildman–Crippen LogP) is 4.89. The van der Waals surface area contributed by atoms with Gasteiger partial charge in [-0.15, -0.1) is 0 Å². The number of carbonyl (C=O) groups excluding carboxylic acids is 4. The number of rotatable bonds is 5. The summed E-state index contributed by atoms with van der Waals surface area (Å²) < 4.78 is 5.75. The highest BCUT2D eigenvalue weighted by atomic mass is 35.5.